The molecule has 162 valence electrons. The lowest BCUT2D eigenvalue weighted by Gasteiger charge is -2.21. The first-order valence-electron chi connectivity index (χ1n) is 9.27. The maximum atomic E-state index is 13.9. The number of carbonyl (C=O) groups is 2. The number of ether oxygens (including phenoxy) is 2. The van der Waals surface area contributed by atoms with Gasteiger partial charge in [0.1, 0.15) is 11.0 Å². The van der Waals surface area contributed by atoms with Gasteiger partial charge in [0.25, 0.3) is 0 Å². The van der Waals surface area contributed by atoms with Gasteiger partial charge in [-0.25, -0.2) is 4.39 Å². The Bertz CT molecular complexity index is 1040. The van der Waals surface area contributed by atoms with Crippen molar-refractivity contribution in [2.24, 2.45) is 10.2 Å². The molecule has 1 heterocycles. The topological polar surface area (TPSA) is 101 Å². The summed E-state index contributed by atoms with van der Waals surface area (Å²) in [6.45, 7) is 1.66. The third kappa shape index (κ3) is 5.82. The number of carbonyl (C=O) groups excluding carboxylic acids is 2. The van der Waals surface area contributed by atoms with Crippen LogP contribution in [0.25, 0.3) is 0 Å². The van der Waals surface area contributed by atoms with Crippen molar-refractivity contribution in [3.8, 4) is 11.5 Å². The Labute approximate surface area is 182 Å². The first kappa shape index (κ1) is 22.3. The van der Waals surface area contributed by atoms with E-state index in [1.165, 1.54) is 19.2 Å². The van der Waals surface area contributed by atoms with Crippen LogP contribution in [0.2, 0.25) is 0 Å². The Morgan fingerprint density at radius 2 is 1.94 bits per heavy atom. The zero-order valence-electron chi connectivity index (χ0n) is 17.1. The van der Waals surface area contributed by atoms with Gasteiger partial charge < -0.3 is 20.1 Å². The summed E-state index contributed by atoms with van der Waals surface area (Å²) in [5.74, 6) is -0.378. The van der Waals surface area contributed by atoms with E-state index in [9.17, 15) is 14.0 Å². The predicted molar refractivity (Wildman–Crippen MR) is 118 cm³/mol. The summed E-state index contributed by atoms with van der Waals surface area (Å²) in [6.07, 6.45) is 0.0120. The third-order valence-corrected chi connectivity index (χ3v) is 5.45. The number of hydrogen-bond acceptors (Lipinski definition) is 7. The molecule has 1 saturated heterocycles. The van der Waals surface area contributed by atoms with E-state index < -0.39 is 11.1 Å². The van der Waals surface area contributed by atoms with Gasteiger partial charge in [-0.1, -0.05) is 11.8 Å². The standard InChI is InChI=1S/C21H21FN4O4S/c1-12(13-4-9-17(30-3)16(22)10-13)25-26-21-24-19(27)11-18(31-21)20(28)23-14-5-7-15(29-2)8-6-14/h4-10,18H,11H2,1-3H3,(H,23,28)(H,24,26,27)/b25-12-. The highest BCUT2D eigenvalue weighted by atomic mass is 32.2. The van der Waals surface area contributed by atoms with Crippen LogP contribution in [0, 0.1) is 5.82 Å². The highest BCUT2D eigenvalue weighted by Gasteiger charge is 2.30. The number of thioether (sulfide) groups is 1. The Balaban J connectivity index is 1.69. The molecule has 2 amide bonds. The van der Waals surface area contributed by atoms with E-state index in [1.54, 1.807) is 44.4 Å². The zero-order chi connectivity index (χ0) is 22.4. The Morgan fingerprint density at radius 1 is 1.19 bits per heavy atom. The predicted octanol–water partition coefficient (Wildman–Crippen LogP) is 3.18. The van der Waals surface area contributed by atoms with E-state index in [0.717, 1.165) is 11.8 Å². The summed E-state index contributed by atoms with van der Waals surface area (Å²) in [4.78, 5) is 24.6. The van der Waals surface area contributed by atoms with Crippen molar-refractivity contribution in [3.05, 3.63) is 53.8 Å². The minimum atomic E-state index is -0.663. The van der Waals surface area contributed by atoms with Crippen LogP contribution in [0.4, 0.5) is 10.1 Å². The fourth-order valence-corrected chi connectivity index (χ4v) is 3.64. The lowest BCUT2D eigenvalue weighted by Crippen LogP contribution is -2.41. The van der Waals surface area contributed by atoms with Crippen LogP contribution in [0.3, 0.4) is 0 Å². The lowest BCUT2D eigenvalue weighted by atomic mass is 10.1. The SMILES string of the molecule is COc1ccc(NC(=O)C2CC(=O)N/C(=N\N=C(\C)c3ccc(OC)c(F)c3)S2)cc1. The molecule has 0 aliphatic carbocycles. The molecule has 2 aromatic carbocycles. The second-order valence-corrected chi connectivity index (χ2v) is 7.71. The average molecular weight is 444 g/mol. The number of hydrogen-bond donors (Lipinski definition) is 2. The molecular formula is C21H21FN4O4S. The monoisotopic (exact) mass is 444 g/mol. The fraction of sp³-hybridized carbons (Fsp3) is 0.238. The second-order valence-electron chi connectivity index (χ2n) is 6.52. The van der Waals surface area contributed by atoms with Crippen LogP contribution in [-0.2, 0) is 9.59 Å². The van der Waals surface area contributed by atoms with Crippen molar-refractivity contribution >= 4 is 40.1 Å². The molecule has 0 spiro atoms. The summed E-state index contributed by atoms with van der Waals surface area (Å²) in [5.41, 5.74) is 1.54. The third-order valence-electron chi connectivity index (χ3n) is 4.38. The van der Waals surface area contributed by atoms with Gasteiger partial charge in [-0.05, 0) is 49.4 Å². The molecule has 0 radical (unpaired) electrons. The van der Waals surface area contributed by atoms with Crippen LogP contribution >= 0.6 is 11.8 Å². The van der Waals surface area contributed by atoms with E-state index in [2.05, 4.69) is 20.8 Å². The van der Waals surface area contributed by atoms with Crippen molar-refractivity contribution in [3.63, 3.8) is 0 Å². The molecule has 1 unspecified atom stereocenters. The number of anilines is 1. The first-order valence-corrected chi connectivity index (χ1v) is 10.1. The molecule has 1 fully saturated rings. The quantitative estimate of drug-likeness (QED) is 0.526. The largest absolute Gasteiger partial charge is 0.497 e. The molecule has 0 bridgehead atoms. The molecule has 31 heavy (non-hydrogen) atoms. The van der Waals surface area contributed by atoms with E-state index in [1.807, 2.05) is 0 Å². The number of nitrogens with one attached hydrogen (secondary N) is 2. The minimum absolute atomic E-state index is 0.0120. The van der Waals surface area contributed by atoms with Gasteiger partial charge >= 0.3 is 0 Å². The smallest absolute Gasteiger partial charge is 0.238 e. The summed E-state index contributed by atoms with van der Waals surface area (Å²) < 4.78 is 23.9. The van der Waals surface area contributed by atoms with Gasteiger partial charge in [-0.15, -0.1) is 5.10 Å². The number of rotatable bonds is 6. The van der Waals surface area contributed by atoms with Crippen molar-refractivity contribution < 1.29 is 23.5 Å². The molecule has 0 aromatic heterocycles. The van der Waals surface area contributed by atoms with Gasteiger partial charge in [-0.3, -0.25) is 9.59 Å². The van der Waals surface area contributed by atoms with Gasteiger partial charge in [0.2, 0.25) is 11.8 Å². The lowest BCUT2D eigenvalue weighted by molar-refractivity contribution is -0.123. The van der Waals surface area contributed by atoms with Crippen molar-refractivity contribution in [2.45, 2.75) is 18.6 Å². The Hall–Kier alpha value is -3.40. The number of amidine groups is 1. The van der Waals surface area contributed by atoms with Crippen molar-refractivity contribution in [1.82, 2.24) is 5.32 Å². The highest BCUT2D eigenvalue weighted by Crippen LogP contribution is 2.24. The molecule has 0 saturated carbocycles. The van der Waals surface area contributed by atoms with Crippen molar-refractivity contribution in [1.29, 1.82) is 0 Å². The molecule has 8 nitrogen and oxygen atoms in total. The minimum Gasteiger partial charge on any atom is -0.497 e. The molecule has 3 rings (SSSR count). The van der Waals surface area contributed by atoms with Crippen molar-refractivity contribution in [2.75, 3.05) is 19.5 Å². The second kappa shape index (κ2) is 10.1. The zero-order valence-corrected chi connectivity index (χ0v) is 18.0. The molecule has 1 aliphatic rings. The number of amides is 2. The van der Waals surface area contributed by atoms with Crippen LogP contribution in [-0.4, -0.2) is 42.2 Å². The maximum absolute atomic E-state index is 13.9. The van der Waals surface area contributed by atoms with Crippen LogP contribution < -0.4 is 20.1 Å². The normalized spacial score (nSPS) is 17.8. The van der Waals surface area contributed by atoms with Crippen LogP contribution in [0.15, 0.2) is 52.7 Å². The molecule has 1 atom stereocenters. The fourth-order valence-electron chi connectivity index (χ4n) is 2.71. The number of benzene rings is 2. The van der Waals surface area contributed by atoms with Gasteiger partial charge in [0, 0.05) is 17.7 Å². The highest BCUT2D eigenvalue weighted by molar-refractivity contribution is 8.15. The van der Waals surface area contributed by atoms with Crippen LogP contribution in [0.5, 0.6) is 11.5 Å². The first-order chi connectivity index (χ1) is 14.9. The summed E-state index contributed by atoms with van der Waals surface area (Å²) in [6, 6.07) is 11.3. The molecular weight excluding hydrogens is 423 g/mol. The van der Waals surface area contributed by atoms with Gasteiger partial charge in [0.05, 0.1) is 19.9 Å². The summed E-state index contributed by atoms with van der Waals surface area (Å²) >= 11 is 1.10. The number of methoxy groups -OCH3 is 2. The molecule has 2 N–H and O–H groups in total. The number of nitrogens with zero attached hydrogens (tertiary/aromatic N) is 2. The van der Waals surface area contributed by atoms with E-state index in [-0.39, 0.29) is 29.2 Å². The van der Waals surface area contributed by atoms with E-state index in [4.69, 9.17) is 9.47 Å². The van der Waals surface area contributed by atoms with E-state index in [0.29, 0.717) is 22.7 Å². The molecule has 10 heteroatoms. The number of halogens is 1. The Morgan fingerprint density at radius 3 is 2.58 bits per heavy atom. The van der Waals surface area contributed by atoms with Crippen LogP contribution in [0.1, 0.15) is 18.9 Å². The molecule has 1 aliphatic heterocycles. The summed E-state index contributed by atoms with van der Waals surface area (Å²) in [5, 5.41) is 13.0. The Kier molecular flexibility index (Phi) is 7.24. The summed E-state index contributed by atoms with van der Waals surface area (Å²) in [7, 11) is 2.94. The van der Waals surface area contributed by atoms with Gasteiger partial charge in [-0.2, -0.15) is 5.10 Å². The van der Waals surface area contributed by atoms with Gasteiger partial charge in [0.15, 0.2) is 16.7 Å². The average Bonchev–Trinajstić information content (AvgIpc) is 2.77. The van der Waals surface area contributed by atoms with E-state index >= 15 is 0 Å². The maximum Gasteiger partial charge on any atom is 0.238 e. The molecule has 2 aromatic rings.